The lowest BCUT2D eigenvalue weighted by Gasteiger charge is -2.13. The van der Waals surface area contributed by atoms with Crippen molar-refractivity contribution in [2.45, 2.75) is 50.4 Å². The maximum absolute atomic E-state index is 14.6. The highest BCUT2D eigenvalue weighted by Crippen LogP contribution is 2.41. The van der Waals surface area contributed by atoms with Gasteiger partial charge >= 0.3 is 11.9 Å². The molecule has 8 nitrogen and oxygen atoms in total. The molecule has 2 saturated carbocycles. The number of carboxylic acid groups (broad SMARTS) is 2. The molecule has 3 aromatic carbocycles. The maximum atomic E-state index is 14.6. The lowest BCUT2D eigenvalue weighted by atomic mass is 9.96. The average Bonchev–Trinajstić information content (AvgIpc) is 4.10. The summed E-state index contributed by atoms with van der Waals surface area (Å²) >= 11 is 3.62. The molecule has 11 heteroatoms. The van der Waals surface area contributed by atoms with E-state index in [9.17, 15) is 28.6 Å². The van der Waals surface area contributed by atoms with E-state index in [0.29, 0.717) is 40.8 Å². The quantitative estimate of drug-likeness (QED) is 0.150. The number of pyridine rings is 2. The molecule has 4 aromatic heterocycles. The molecular formula is C44H37BrF2N4O4. The van der Waals surface area contributed by atoms with E-state index >= 15 is 0 Å². The molecule has 0 spiro atoms. The summed E-state index contributed by atoms with van der Waals surface area (Å²) in [5, 5.41) is 21.3. The van der Waals surface area contributed by atoms with Gasteiger partial charge in [-0.2, -0.15) is 0 Å². The SMILES string of the molecule is Cn1ccc2cc(Cc3ncc(C4CC4)cc3C(=O)O)cc(-c3cc(F)ccc3F)c21.Cn1ccc2cc(Cc3ncc(C4CC4)cc3C(=O)O)cc(Br)c21. The van der Waals surface area contributed by atoms with E-state index in [-0.39, 0.29) is 17.5 Å². The number of rotatable bonds is 9. The van der Waals surface area contributed by atoms with Crippen molar-refractivity contribution in [2.75, 3.05) is 0 Å². The number of aromatic nitrogens is 4. The largest absolute Gasteiger partial charge is 0.478 e. The summed E-state index contributed by atoms with van der Waals surface area (Å²) in [4.78, 5) is 32.4. The molecule has 9 rings (SSSR count). The van der Waals surface area contributed by atoms with Crippen LogP contribution < -0.4 is 0 Å². The minimum Gasteiger partial charge on any atom is -0.478 e. The molecule has 0 saturated heterocycles. The second-order valence-corrected chi connectivity index (χ2v) is 15.5. The molecule has 0 atom stereocenters. The number of halogens is 3. The Bertz CT molecular complexity index is 2660. The predicted molar refractivity (Wildman–Crippen MR) is 211 cm³/mol. The van der Waals surface area contributed by atoms with Gasteiger partial charge in [0, 0.05) is 78.1 Å². The summed E-state index contributed by atoms with van der Waals surface area (Å²) in [6.07, 6.45) is 12.7. The zero-order valence-electron chi connectivity index (χ0n) is 30.2. The van der Waals surface area contributed by atoms with Gasteiger partial charge < -0.3 is 19.3 Å². The van der Waals surface area contributed by atoms with E-state index in [1.807, 2.05) is 55.5 Å². The van der Waals surface area contributed by atoms with Gasteiger partial charge in [-0.25, -0.2) is 18.4 Å². The van der Waals surface area contributed by atoms with Gasteiger partial charge in [0.15, 0.2) is 0 Å². The van der Waals surface area contributed by atoms with E-state index in [1.54, 1.807) is 24.4 Å². The van der Waals surface area contributed by atoms with E-state index in [4.69, 9.17) is 0 Å². The second-order valence-electron chi connectivity index (χ2n) is 14.6. The van der Waals surface area contributed by atoms with Gasteiger partial charge in [-0.05, 0) is 142 Å². The molecule has 55 heavy (non-hydrogen) atoms. The number of carbonyl (C=O) groups is 2. The minimum absolute atomic E-state index is 0.171. The molecular weight excluding hydrogens is 766 g/mol. The molecule has 0 aliphatic heterocycles. The molecule has 0 bridgehead atoms. The van der Waals surface area contributed by atoms with Crippen LogP contribution in [0.1, 0.15) is 91.9 Å². The smallest absolute Gasteiger partial charge is 0.337 e. The Morgan fingerprint density at radius 1 is 0.691 bits per heavy atom. The maximum Gasteiger partial charge on any atom is 0.337 e. The van der Waals surface area contributed by atoms with Gasteiger partial charge in [-0.3, -0.25) is 9.97 Å². The summed E-state index contributed by atoms with van der Waals surface area (Å²) in [6, 6.07) is 18.8. The van der Waals surface area contributed by atoms with Gasteiger partial charge in [0.1, 0.15) is 11.6 Å². The van der Waals surface area contributed by atoms with Crippen LogP contribution in [0.3, 0.4) is 0 Å². The highest BCUT2D eigenvalue weighted by molar-refractivity contribution is 9.10. The molecule has 7 aromatic rings. The van der Waals surface area contributed by atoms with Crippen LogP contribution in [0, 0.1) is 11.6 Å². The third-order valence-electron chi connectivity index (χ3n) is 10.5. The Morgan fingerprint density at radius 3 is 1.73 bits per heavy atom. The van der Waals surface area contributed by atoms with Crippen molar-refractivity contribution in [3.8, 4) is 11.1 Å². The molecule has 4 heterocycles. The number of hydrogen-bond donors (Lipinski definition) is 2. The van der Waals surface area contributed by atoms with Crippen LogP contribution in [0.5, 0.6) is 0 Å². The van der Waals surface area contributed by atoms with Gasteiger partial charge in [-0.15, -0.1) is 0 Å². The lowest BCUT2D eigenvalue weighted by molar-refractivity contribution is 0.0684. The number of carboxylic acids is 2. The fourth-order valence-electron chi connectivity index (χ4n) is 7.40. The number of benzene rings is 3. The van der Waals surface area contributed by atoms with Crippen molar-refractivity contribution in [2.24, 2.45) is 14.1 Å². The third-order valence-corrected chi connectivity index (χ3v) is 11.1. The number of aryl methyl sites for hydroxylation is 2. The molecule has 0 amide bonds. The van der Waals surface area contributed by atoms with Crippen LogP contribution in [0.15, 0.2) is 96.0 Å². The first-order valence-electron chi connectivity index (χ1n) is 18.1. The zero-order valence-corrected chi connectivity index (χ0v) is 31.8. The van der Waals surface area contributed by atoms with Crippen LogP contribution in [-0.2, 0) is 26.9 Å². The summed E-state index contributed by atoms with van der Waals surface area (Å²) in [7, 11) is 3.86. The first-order valence-corrected chi connectivity index (χ1v) is 18.9. The number of fused-ring (bicyclic) bond motifs is 2. The highest BCUT2D eigenvalue weighted by atomic mass is 79.9. The molecule has 0 radical (unpaired) electrons. The summed E-state index contributed by atoms with van der Waals surface area (Å²) in [5.74, 6) is -2.04. The van der Waals surface area contributed by atoms with Crippen molar-refractivity contribution < 1.29 is 28.6 Å². The molecule has 2 aliphatic carbocycles. The predicted octanol–water partition coefficient (Wildman–Crippen LogP) is 10.2. The van der Waals surface area contributed by atoms with Crippen LogP contribution >= 0.6 is 15.9 Å². The topological polar surface area (TPSA) is 110 Å². The minimum atomic E-state index is -1.01. The standard InChI is InChI=1S/C25H20F2N2O2.C19H17BrN2O2/c1-29-7-6-16-8-14(9-20(24(16)29)19-12-18(26)4-5-22(19)27)10-23-21(25(30)31)11-17(13-28-23)15-2-3-15;1-22-5-4-13-6-11(7-16(20)18(13)22)8-17-15(19(23)24)9-14(10-21-17)12-2-3-12/h4-9,11-13,15H,2-3,10H2,1H3,(H,30,31);4-7,9-10,12H,2-3,8H2,1H3,(H,23,24). The summed E-state index contributed by atoms with van der Waals surface area (Å²) in [5.41, 5.74) is 8.08. The molecule has 2 N–H and O–H groups in total. The van der Waals surface area contributed by atoms with E-state index in [2.05, 4.69) is 42.6 Å². The normalized spacial score (nSPS) is 13.9. The first-order chi connectivity index (χ1) is 26.4. The lowest BCUT2D eigenvalue weighted by Crippen LogP contribution is -2.07. The first kappa shape index (κ1) is 36.3. The van der Waals surface area contributed by atoms with Crippen LogP contribution in [0.25, 0.3) is 32.9 Å². The van der Waals surface area contributed by atoms with Crippen LogP contribution in [0.2, 0.25) is 0 Å². The Hall–Kier alpha value is -5.68. The molecule has 2 fully saturated rings. The molecule has 278 valence electrons. The Kier molecular flexibility index (Phi) is 9.58. The zero-order chi connectivity index (χ0) is 38.5. The van der Waals surface area contributed by atoms with Crippen molar-refractivity contribution >= 4 is 49.7 Å². The average molecular weight is 804 g/mol. The molecule has 2 aliphatic rings. The van der Waals surface area contributed by atoms with E-state index < -0.39 is 23.6 Å². The third kappa shape index (κ3) is 7.53. The fraction of sp³-hybridized carbons (Fsp3) is 0.227. The van der Waals surface area contributed by atoms with E-state index in [1.165, 1.54) is 6.07 Å². The van der Waals surface area contributed by atoms with Crippen molar-refractivity contribution in [3.05, 3.63) is 152 Å². The molecule has 0 unspecified atom stereocenters. The monoisotopic (exact) mass is 802 g/mol. The Balaban J connectivity index is 0.000000160. The van der Waals surface area contributed by atoms with Gasteiger partial charge in [0.2, 0.25) is 0 Å². The van der Waals surface area contributed by atoms with Crippen LogP contribution in [0.4, 0.5) is 8.78 Å². The van der Waals surface area contributed by atoms with Gasteiger partial charge in [-0.1, -0.05) is 0 Å². The van der Waals surface area contributed by atoms with Crippen LogP contribution in [-0.4, -0.2) is 41.3 Å². The number of aromatic carboxylic acids is 2. The van der Waals surface area contributed by atoms with Crippen molar-refractivity contribution in [3.63, 3.8) is 0 Å². The second kappa shape index (κ2) is 14.5. The summed E-state index contributed by atoms with van der Waals surface area (Å²) < 4.78 is 33.5. The summed E-state index contributed by atoms with van der Waals surface area (Å²) in [6.45, 7) is 0. The number of nitrogens with zero attached hydrogens (tertiary/aromatic N) is 4. The van der Waals surface area contributed by atoms with Crippen molar-refractivity contribution in [1.29, 1.82) is 0 Å². The highest BCUT2D eigenvalue weighted by Gasteiger charge is 2.27. The van der Waals surface area contributed by atoms with Crippen molar-refractivity contribution in [1.82, 2.24) is 19.1 Å². The Labute approximate surface area is 324 Å². The number of hydrogen-bond acceptors (Lipinski definition) is 4. The fourth-order valence-corrected chi connectivity index (χ4v) is 8.20. The van der Waals surface area contributed by atoms with Gasteiger partial charge in [0.05, 0.1) is 33.5 Å². The Morgan fingerprint density at radius 2 is 1.20 bits per heavy atom. The van der Waals surface area contributed by atoms with Gasteiger partial charge in [0.25, 0.3) is 0 Å². The van der Waals surface area contributed by atoms with E-state index in [0.717, 1.165) is 86.3 Å².